The van der Waals surface area contributed by atoms with E-state index in [0.717, 1.165) is 52.0 Å². The zero-order valence-corrected chi connectivity index (χ0v) is 30.1. The summed E-state index contributed by atoms with van der Waals surface area (Å²) in [5, 5.41) is 21.7. The van der Waals surface area contributed by atoms with E-state index in [0.29, 0.717) is 53.4 Å². The average molecular weight is 659 g/mol. The fraction of sp³-hybridized carbons (Fsp3) is 1.00. The van der Waals surface area contributed by atoms with E-state index in [-0.39, 0.29) is 17.4 Å². The molecule has 0 amide bonds. The van der Waals surface area contributed by atoms with Crippen molar-refractivity contribution in [2.45, 2.75) is 130 Å². The second-order valence-corrected chi connectivity index (χ2v) is 17.5. The third-order valence-electron chi connectivity index (χ3n) is 13.5. The Morgan fingerprint density at radius 2 is 1.67 bits per heavy atom. The van der Waals surface area contributed by atoms with Gasteiger partial charge in [-0.1, -0.05) is 34.6 Å². The van der Waals surface area contributed by atoms with Crippen molar-refractivity contribution < 1.29 is 33.3 Å². The zero-order valence-electron chi connectivity index (χ0n) is 29.3. The van der Waals surface area contributed by atoms with Crippen LogP contribution >= 0.6 is 0 Å². The Bertz CT molecular complexity index is 1020. The normalized spacial score (nSPS) is 38.0. The Labute approximate surface area is 275 Å². The minimum absolute atomic E-state index is 0.0158. The molecule has 0 bridgehead atoms. The van der Waals surface area contributed by atoms with Crippen LogP contribution in [0.15, 0.2) is 0 Å². The maximum Gasteiger partial charge on any atom is 0.397 e. The van der Waals surface area contributed by atoms with Crippen LogP contribution in [0.4, 0.5) is 0 Å². The third-order valence-corrected chi connectivity index (χ3v) is 14.0. The zero-order chi connectivity index (χ0) is 32.8. The molecule has 9 N–H and O–H groups in total. The molecule has 0 spiro atoms. The first-order valence-electron chi connectivity index (χ1n) is 18.7. The van der Waals surface area contributed by atoms with Crippen molar-refractivity contribution in [2.24, 2.45) is 52.3 Å². The molecule has 0 aromatic carbocycles. The van der Waals surface area contributed by atoms with E-state index in [9.17, 15) is 18.1 Å². The van der Waals surface area contributed by atoms with E-state index in [1.54, 1.807) is 0 Å². The standard InChI is InChI=1S/C35H68N4O5S/c1-24(2)32(44-45(41,42)43)11-8-25(3)28-9-10-29-33-30(13-15-35(28,29)5)34(4)14-12-27(22-26(34)23-31(33)40)39-19-7-18-38-21-20-37-17-6-16-36/h24-33,37-40H,6-23,36H2,1-5H3,(H,41,42,43)/p+2/t25-,26-,27+,28?,29?,30?,31-,32-,33?,34+,35-/m1/s1. The fourth-order valence-electron chi connectivity index (χ4n) is 10.9. The molecule has 45 heavy (non-hydrogen) atoms. The van der Waals surface area contributed by atoms with E-state index < -0.39 is 16.5 Å². The molecular formula is C35H70N4O5S+2. The lowest BCUT2D eigenvalue weighted by molar-refractivity contribution is -0.655. The Balaban J connectivity index is 1.27. The highest BCUT2D eigenvalue weighted by Crippen LogP contribution is 2.68. The summed E-state index contributed by atoms with van der Waals surface area (Å²) in [6.45, 7) is 17.9. The first kappa shape index (κ1) is 37.5. The van der Waals surface area contributed by atoms with E-state index in [1.807, 2.05) is 13.8 Å². The number of fused-ring (bicyclic) bond motifs is 5. The molecule has 11 atom stereocenters. The summed E-state index contributed by atoms with van der Waals surface area (Å²) in [4.78, 5) is 0. The van der Waals surface area contributed by atoms with Crippen LogP contribution in [0, 0.1) is 52.3 Å². The van der Waals surface area contributed by atoms with E-state index in [4.69, 9.17) is 4.18 Å². The number of hydrogen-bond acceptors (Lipinski definition) is 6. The molecule has 0 saturated heterocycles. The van der Waals surface area contributed by atoms with Crippen molar-refractivity contribution >= 4 is 10.4 Å². The van der Waals surface area contributed by atoms with Crippen LogP contribution in [0.3, 0.4) is 0 Å². The smallest absolute Gasteiger partial charge is 0.393 e. The molecule has 264 valence electrons. The lowest BCUT2D eigenvalue weighted by Crippen LogP contribution is -2.86. The number of aliphatic hydroxyl groups excluding tert-OH is 1. The molecule has 4 fully saturated rings. The minimum Gasteiger partial charge on any atom is -0.393 e. The second-order valence-electron chi connectivity index (χ2n) is 16.5. The number of nitrogens with two attached hydrogens (primary N) is 1. The quantitative estimate of drug-likeness (QED) is 0.0979. The van der Waals surface area contributed by atoms with Gasteiger partial charge in [0.25, 0.3) is 0 Å². The van der Waals surface area contributed by atoms with E-state index >= 15 is 0 Å². The molecule has 10 heteroatoms. The van der Waals surface area contributed by atoms with Crippen LogP contribution in [0.5, 0.6) is 0 Å². The van der Waals surface area contributed by atoms with Crippen molar-refractivity contribution in [3.8, 4) is 0 Å². The molecule has 4 rings (SSSR count). The van der Waals surface area contributed by atoms with Crippen LogP contribution in [0.25, 0.3) is 0 Å². The first-order chi connectivity index (χ1) is 21.3. The fourth-order valence-corrected chi connectivity index (χ4v) is 11.6. The van der Waals surface area contributed by atoms with Gasteiger partial charge in [0.05, 0.1) is 31.8 Å². The SMILES string of the molecule is CC(C)[C@@H](CC[C@@H](C)C1CCC2C3C(CC[C@@]21C)[C@@]1(C)CC[C@H](NCCCNCC[NH2+]CCC[NH3+])C[C@@H]1C[C@H]3O)OS(=O)(=O)O. The van der Waals surface area contributed by atoms with Crippen LogP contribution in [0.1, 0.15) is 112 Å². The number of hydrogen-bond donors (Lipinski definition) is 6. The van der Waals surface area contributed by atoms with Gasteiger partial charge in [0.2, 0.25) is 0 Å². The molecule has 9 nitrogen and oxygen atoms in total. The van der Waals surface area contributed by atoms with Gasteiger partial charge in [-0.3, -0.25) is 4.55 Å². The summed E-state index contributed by atoms with van der Waals surface area (Å²) in [5.74, 6) is 3.22. The number of nitrogens with one attached hydrogen (secondary N) is 2. The lowest BCUT2D eigenvalue weighted by atomic mass is 9.43. The number of rotatable bonds is 18. The molecule has 4 aliphatic rings. The van der Waals surface area contributed by atoms with E-state index in [1.165, 1.54) is 57.9 Å². The largest absolute Gasteiger partial charge is 0.397 e. The Morgan fingerprint density at radius 1 is 0.933 bits per heavy atom. The highest BCUT2D eigenvalue weighted by atomic mass is 32.3. The summed E-state index contributed by atoms with van der Waals surface area (Å²) in [7, 11) is -4.45. The first-order valence-corrected chi connectivity index (χ1v) is 20.1. The van der Waals surface area contributed by atoms with Crippen LogP contribution in [-0.4, -0.2) is 75.6 Å². The van der Waals surface area contributed by atoms with Crippen molar-refractivity contribution in [1.29, 1.82) is 0 Å². The summed E-state index contributed by atoms with van der Waals surface area (Å²) in [5.41, 5.74) is 4.46. The van der Waals surface area contributed by atoms with Gasteiger partial charge in [-0.25, -0.2) is 4.18 Å². The number of quaternary nitrogens is 2. The van der Waals surface area contributed by atoms with Gasteiger partial charge in [0, 0.05) is 19.0 Å². The minimum atomic E-state index is -4.45. The third kappa shape index (κ3) is 9.22. The highest BCUT2D eigenvalue weighted by Gasteiger charge is 2.62. The Morgan fingerprint density at radius 3 is 2.38 bits per heavy atom. The Hall–Kier alpha value is -0.330. The second kappa shape index (κ2) is 16.4. The van der Waals surface area contributed by atoms with Crippen molar-refractivity contribution in [3.05, 3.63) is 0 Å². The van der Waals surface area contributed by atoms with Crippen molar-refractivity contribution in [1.82, 2.24) is 10.6 Å². The van der Waals surface area contributed by atoms with Gasteiger partial charge in [0.15, 0.2) is 0 Å². The predicted molar refractivity (Wildman–Crippen MR) is 180 cm³/mol. The highest BCUT2D eigenvalue weighted by molar-refractivity contribution is 7.80. The lowest BCUT2D eigenvalue weighted by Gasteiger charge is -2.62. The maximum atomic E-state index is 11.8. The van der Waals surface area contributed by atoms with Gasteiger partial charge in [0.1, 0.15) is 0 Å². The van der Waals surface area contributed by atoms with Crippen molar-refractivity contribution in [2.75, 3.05) is 39.3 Å². The van der Waals surface area contributed by atoms with Crippen LogP contribution < -0.4 is 21.7 Å². The Kier molecular flexibility index (Phi) is 13.6. The molecule has 4 aliphatic carbocycles. The van der Waals surface area contributed by atoms with Crippen LogP contribution in [-0.2, 0) is 14.6 Å². The summed E-state index contributed by atoms with van der Waals surface area (Å²) >= 11 is 0. The molecule has 0 heterocycles. The molecule has 0 radical (unpaired) electrons. The van der Waals surface area contributed by atoms with Crippen molar-refractivity contribution in [3.63, 3.8) is 0 Å². The summed E-state index contributed by atoms with van der Waals surface area (Å²) in [6.07, 6.45) is 12.7. The molecular weight excluding hydrogens is 588 g/mol. The van der Waals surface area contributed by atoms with Crippen LogP contribution in [0.2, 0.25) is 0 Å². The van der Waals surface area contributed by atoms with E-state index in [2.05, 4.69) is 42.5 Å². The van der Waals surface area contributed by atoms with Gasteiger partial charge < -0.3 is 26.8 Å². The predicted octanol–water partition coefficient (Wildman–Crippen LogP) is 3.01. The molecule has 0 aliphatic heterocycles. The molecule has 4 saturated carbocycles. The van der Waals surface area contributed by atoms with Gasteiger partial charge in [-0.15, -0.1) is 0 Å². The maximum absolute atomic E-state index is 11.8. The van der Waals surface area contributed by atoms with Gasteiger partial charge in [-0.05, 0) is 136 Å². The monoisotopic (exact) mass is 659 g/mol. The summed E-state index contributed by atoms with van der Waals surface area (Å²) in [6, 6.07) is 0.577. The summed E-state index contributed by atoms with van der Waals surface area (Å²) < 4.78 is 37.2. The number of aliphatic hydroxyl groups is 1. The average Bonchev–Trinajstić information content (AvgIpc) is 3.33. The van der Waals surface area contributed by atoms with Gasteiger partial charge in [-0.2, -0.15) is 8.42 Å². The molecule has 4 unspecified atom stereocenters. The van der Waals surface area contributed by atoms with Gasteiger partial charge >= 0.3 is 10.4 Å². The molecule has 0 aromatic heterocycles. The topological polar surface area (TPSA) is 152 Å². The molecule has 0 aromatic rings.